The zero-order chi connectivity index (χ0) is 19.8. The van der Waals surface area contributed by atoms with E-state index in [0.717, 1.165) is 11.3 Å². The lowest BCUT2D eigenvalue weighted by atomic mass is 9.63. The molecule has 2 saturated carbocycles. The van der Waals surface area contributed by atoms with Crippen molar-refractivity contribution in [3.8, 4) is 0 Å². The molecule has 5 aliphatic rings. The monoisotopic (exact) mass is 390 g/mol. The Labute approximate surface area is 158 Å². The molecule has 3 fully saturated rings. The molecule has 8 heteroatoms. The minimum Gasteiger partial charge on any atom is -0.286 e. The van der Waals surface area contributed by atoms with E-state index in [2.05, 4.69) is 0 Å². The van der Waals surface area contributed by atoms with Crippen molar-refractivity contribution < 1.29 is 27.6 Å². The number of likely N-dealkylation sites (tertiary alicyclic amines) is 1. The number of para-hydroxylation sites is 1. The Morgan fingerprint density at radius 3 is 2.04 bits per heavy atom. The molecule has 5 nitrogen and oxygen atoms in total. The van der Waals surface area contributed by atoms with Crippen LogP contribution in [0.2, 0.25) is 0 Å². The van der Waals surface area contributed by atoms with Crippen LogP contribution >= 0.6 is 0 Å². The lowest BCUT2D eigenvalue weighted by molar-refractivity contribution is -0.171. The second-order valence-corrected chi connectivity index (χ2v) is 7.97. The van der Waals surface area contributed by atoms with Crippen LogP contribution in [0.25, 0.3) is 0 Å². The molecule has 1 aliphatic heterocycles. The highest BCUT2D eigenvalue weighted by atomic mass is 19.4. The van der Waals surface area contributed by atoms with E-state index in [9.17, 15) is 27.6 Å². The van der Waals surface area contributed by atoms with Crippen molar-refractivity contribution in [1.82, 2.24) is 4.90 Å². The Hall–Kier alpha value is -2.64. The average Bonchev–Trinajstić information content (AvgIpc) is 3.45. The lowest BCUT2D eigenvalue weighted by Crippen LogP contribution is -2.49. The van der Waals surface area contributed by atoms with Crippen LogP contribution in [-0.4, -0.2) is 35.5 Å². The minimum atomic E-state index is -5.11. The van der Waals surface area contributed by atoms with E-state index in [1.165, 1.54) is 24.3 Å². The maximum absolute atomic E-state index is 13.2. The van der Waals surface area contributed by atoms with Crippen LogP contribution in [0, 0.1) is 35.5 Å². The number of hydrogen-bond donors (Lipinski definition) is 0. The van der Waals surface area contributed by atoms with Gasteiger partial charge in [0, 0.05) is 5.69 Å². The molecule has 28 heavy (non-hydrogen) atoms. The molecule has 0 radical (unpaired) electrons. The number of hydrogen-bond acceptors (Lipinski definition) is 3. The molecular weight excluding hydrogens is 373 g/mol. The number of rotatable bonds is 3. The molecule has 1 heterocycles. The number of halogens is 3. The largest absolute Gasteiger partial charge is 0.471 e. The summed E-state index contributed by atoms with van der Waals surface area (Å²) in [6.07, 6.45) is -0.135. The van der Waals surface area contributed by atoms with Crippen molar-refractivity contribution >= 4 is 23.4 Å². The number of carbonyl (C=O) groups excluding carboxylic acids is 3. The highest BCUT2D eigenvalue weighted by Crippen LogP contribution is 2.65. The maximum Gasteiger partial charge on any atom is 0.471 e. The summed E-state index contributed by atoms with van der Waals surface area (Å²) in [6, 6.07) is 7.30. The fourth-order valence-corrected chi connectivity index (χ4v) is 5.32. The normalized spacial score (nSPS) is 35.0. The van der Waals surface area contributed by atoms with Gasteiger partial charge in [-0.25, -0.2) is 0 Å². The van der Waals surface area contributed by atoms with E-state index in [0.29, 0.717) is 16.7 Å². The number of benzene rings is 1. The molecule has 6 rings (SSSR count). The molecule has 1 aromatic rings. The van der Waals surface area contributed by atoms with Gasteiger partial charge in [0.05, 0.1) is 11.8 Å². The number of alkyl halides is 3. The minimum absolute atomic E-state index is 0.00996. The Balaban J connectivity index is 1.46. The van der Waals surface area contributed by atoms with Gasteiger partial charge in [-0.2, -0.15) is 13.2 Å². The van der Waals surface area contributed by atoms with Gasteiger partial charge in [-0.15, -0.1) is 0 Å². The first-order valence-electron chi connectivity index (χ1n) is 9.26. The highest BCUT2D eigenvalue weighted by molar-refractivity contribution is 6.07. The summed E-state index contributed by atoms with van der Waals surface area (Å²) in [5, 5.41) is 0. The summed E-state index contributed by atoms with van der Waals surface area (Å²) < 4.78 is 39.5. The maximum atomic E-state index is 13.2. The predicted molar refractivity (Wildman–Crippen MR) is 91.4 cm³/mol. The van der Waals surface area contributed by atoms with Crippen molar-refractivity contribution in [3.05, 3.63) is 42.5 Å². The van der Waals surface area contributed by atoms with Crippen molar-refractivity contribution in [3.63, 3.8) is 0 Å². The van der Waals surface area contributed by atoms with Crippen molar-refractivity contribution in [2.75, 3.05) is 11.6 Å². The molecule has 0 N–H and O–H groups in total. The molecule has 146 valence electrons. The van der Waals surface area contributed by atoms with Crippen LogP contribution in [0.1, 0.15) is 6.42 Å². The van der Waals surface area contributed by atoms with Gasteiger partial charge < -0.3 is 0 Å². The second-order valence-electron chi connectivity index (χ2n) is 7.97. The van der Waals surface area contributed by atoms with Gasteiger partial charge in [-0.05, 0) is 42.2 Å². The third-order valence-corrected chi connectivity index (χ3v) is 6.59. The van der Waals surface area contributed by atoms with Gasteiger partial charge in [0.15, 0.2) is 0 Å². The SMILES string of the molecule is O=C1[C@@H]2[C@@H]3C=C[C@H]([C@@H]4C[C@H]34)[C@H]2C(=O)N1CN(C(=O)C(F)(F)F)c1ccccc1. The van der Waals surface area contributed by atoms with Crippen LogP contribution in [0.3, 0.4) is 0 Å². The second kappa shape index (κ2) is 5.68. The summed E-state index contributed by atoms with van der Waals surface area (Å²) in [5.74, 6) is -3.29. The molecule has 1 saturated heterocycles. The third kappa shape index (κ3) is 2.36. The zero-order valence-corrected chi connectivity index (χ0v) is 14.7. The fraction of sp³-hybridized carbons (Fsp3) is 0.450. The first kappa shape index (κ1) is 17.5. The van der Waals surface area contributed by atoms with Crippen molar-refractivity contribution in [2.45, 2.75) is 12.6 Å². The van der Waals surface area contributed by atoms with Crippen molar-refractivity contribution in [1.29, 1.82) is 0 Å². The van der Waals surface area contributed by atoms with E-state index in [1.54, 1.807) is 6.07 Å². The topological polar surface area (TPSA) is 57.7 Å². The van der Waals surface area contributed by atoms with E-state index < -0.39 is 42.4 Å². The van der Waals surface area contributed by atoms with Crippen LogP contribution in [-0.2, 0) is 14.4 Å². The standard InChI is InChI=1S/C20H17F3N2O3/c21-20(22,23)19(28)24(10-4-2-1-3-5-10)9-25-17(26)15-11-6-7-12(14-8-13(11)14)16(15)18(25)27/h1-7,11-16H,8-9H2/t11-,12-,13-,14+,15-,16-/m1/s1. The van der Waals surface area contributed by atoms with E-state index >= 15 is 0 Å². The zero-order valence-electron chi connectivity index (χ0n) is 14.7. The molecule has 1 aromatic carbocycles. The van der Waals surface area contributed by atoms with Gasteiger partial charge >= 0.3 is 12.1 Å². The summed E-state index contributed by atoms with van der Waals surface area (Å²) in [4.78, 5) is 39.3. The highest BCUT2D eigenvalue weighted by Gasteiger charge is 2.67. The number of imide groups is 1. The Kier molecular flexibility index (Phi) is 3.54. The molecule has 3 amide bonds. The number of amides is 3. The number of anilines is 1. The quantitative estimate of drug-likeness (QED) is 0.589. The van der Waals surface area contributed by atoms with Gasteiger partial charge in [-0.1, -0.05) is 30.4 Å². The smallest absolute Gasteiger partial charge is 0.286 e. The van der Waals surface area contributed by atoms with Gasteiger partial charge in [-0.3, -0.25) is 24.2 Å². The van der Waals surface area contributed by atoms with Crippen LogP contribution in [0.4, 0.5) is 18.9 Å². The Bertz CT molecular complexity index is 862. The van der Waals surface area contributed by atoms with E-state index in [4.69, 9.17) is 0 Å². The van der Waals surface area contributed by atoms with Gasteiger partial charge in [0.25, 0.3) is 0 Å². The average molecular weight is 390 g/mol. The summed E-state index contributed by atoms with van der Waals surface area (Å²) in [7, 11) is 0. The van der Waals surface area contributed by atoms with Crippen molar-refractivity contribution in [2.24, 2.45) is 35.5 Å². The predicted octanol–water partition coefficient (Wildman–Crippen LogP) is 2.59. The van der Waals surface area contributed by atoms with Crippen LogP contribution in [0.5, 0.6) is 0 Å². The van der Waals surface area contributed by atoms with E-state index in [-0.39, 0.29) is 17.5 Å². The summed E-state index contributed by atoms with van der Waals surface area (Å²) in [5.41, 5.74) is -0.00996. The fourth-order valence-electron chi connectivity index (χ4n) is 5.32. The molecule has 2 bridgehead atoms. The van der Waals surface area contributed by atoms with Crippen LogP contribution in [0.15, 0.2) is 42.5 Å². The van der Waals surface area contributed by atoms with Gasteiger partial charge in [0.2, 0.25) is 11.8 Å². The molecule has 4 aliphatic carbocycles. The molecular formula is C20H17F3N2O3. The lowest BCUT2D eigenvalue weighted by Gasteiger charge is -2.37. The number of carbonyl (C=O) groups is 3. The van der Waals surface area contributed by atoms with Crippen LogP contribution < -0.4 is 4.90 Å². The number of allylic oxidation sites excluding steroid dienone is 2. The Morgan fingerprint density at radius 2 is 1.54 bits per heavy atom. The van der Waals surface area contributed by atoms with E-state index in [1.807, 2.05) is 12.2 Å². The number of nitrogens with zero attached hydrogens (tertiary/aromatic N) is 2. The molecule has 0 unspecified atom stereocenters. The third-order valence-electron chi connectivity index (χ3n) is 6.59. The summed E-state index contributed by atoms with van der Waals surface area (Å²) in [6.45, 7) is -0.720. The molecule has 0 aromatic heterocycles. The first-order chi connectivity index (χ1) is 13.3. The molecule has 6 atom stereocenters. The first-order valence-corrected chi connectivity index (χ1v) is 9.26. The summed E-state index contributed by atoms with van der Waals surface area (Å²) >= 11 is 0. The molecule has 0 spiro atoms. The van der Waals surface area contributed by atoms with Gasteiger partial charge in [0.1, 0.15) is 6.67 Å². The Morgan fingerprint density at radius 1 is 1.00 bits per heavy atom.